The normalized spacial score (nSPS) is 10.8. The van der Waals surface area contributed by atoms with E-state index in [0.29, 0.717) is 21.7 Å². The maximum Gasteiger partial charge on any atom is 0.246 e. The molecule has 0 unspecified atom stereocenters. The van der Waals surface area contributed by atoms with Crippen molar-refractivity contribution in [3.63, 3.8) is 0 Å². The summed E-state index contributed by atoms with van der Waals surface area (Å²) in [6.45, 7) is 1.91. The first-order valence-corrected chi connectivity index (χ1v) is 6.75. The molecule has 0 bridgehead atoms. The van der Waals surface area contributed by atoms with Crippen LogP contribution in [0, 0.1) is 6.92 Å². The van der Waals surface area contributed by atoms with Crippen molar-refractivity contribution in [3.8, 4) is 11.6 Å². The van der Waals surface area contributed by atoms with Crippen LogP contribution in [0.25, 0.3) is 10.8 Å². The van der Waals surface area contributed by atoms with Crippen molar-refractivity contribution in [1.82, 2.24) is 10.2 Å². The molecule has 0 aliphatic heterocycles. The minimum absolute atomic E-state index is 0.438. The number of hydrogen-bond donors (Lipinski definition) is 0. The van der Waals surface area contributed by atoms with Crippen LogP contribution in [0.15, 0.2) is 42.5 Å². The van der Waals surface area contributed by atoms with E-state index in [1.165, 1.54) is 0 Å². The summed E-state index contributed by atoms with van der Waals surface area (Å²) in [7, 11) is 0. The number of benzene rings is 2. The van der Waals surface area contributed by atoms with E-state index in [9.17, 15) is 0 Å². The second kappa shape index (κ2) is 5.27. The van der Waals surface area contributed by atoms with Gasteiger partial charge in [-0.3, -0.25) is 0 Å². The van der Waals surface area contributed by atoms with Crippen molar-refractivity contribution in [2.75, 3.05) is 0 Å². The molecular weight excluding hydrogens is 295 g/mol. The number of rotatable bonds is 2. The monoisotopic (exact) mass is 304 g/mol. The first kappa shape index (κ1) is 13.2. The molecule has 5 heteroatoms. The van der Waals surface area contributed by atoms with E-state index >= 15 is 0 Å². The number of ether oxygens (including phenoxy) is 1. The van der Waals surface area contributed by atoms with Crippen molar-refractivity contribution in [2.45, 2.75) is 6.92 Å². The fourth-order valence-electron chi connectivity index (χ4n) is 1.94. The van der Waals surface area contributed by atoms with Crippen LogP contribution in [0.4, 0.5) is 0 Å². The predicted molar refractivity (Wildman–Crippen MR) is 80.8 cm³/mol. The Hall–Kier alpha value is -1.84. The summed E-state index contributed by atoms with van der Waals surface area (Å²) in [5.74, 6) is 1.02. The zero-order valence-electron chi connectivity index (χ0n) is 10.6. The van der Waals surface area contributed by atoms with Crippen LogP contribution in [-0.2, 0) is 0 Å². The molecule has 1 heterocycles. The summed E-state index contributed by atoms with van der Waals surface area (Å²) >= 11 is 11.9. The van der Waals surface area contributed by atoms with Gasteiger partial charge in [0.25, 0.3) is 0 Å². The second-order valence-electron chi connectivity index (χ2n) is 4.31. The van der Waals surface area contributed by atoms with Crippen LogP contribution in [0.5, 0.6) is 11.6 Å². The highest BCUT2D eigenvalue weighted by Gasteiger charge is 2.09. The van der Waals surface area contributed by atoms with Gasteiger partial charge in [0.1, 0.15) is 5.75 Å². The minimum atomic E-state index is 0.438. The molecule has 3 rings (SSSR count). The van der Waals surface area contributed by atoms with Crippen LogP contribution < -0.4 is 4.74 Å². The molecule has 0 spiro atoms. The van der Waals surface area contributed by atoms with E-state index in [-0.39, 0.29) is 0 Å². The molecule has 0 N–H and O–H groups in total. The van der Waals surface area contributed by atoms with E-state index in [0.717, 1.165) is 16.5 Å². The SMILES string of the molecule is Cc1nnc(Oc2ccc(Cl)c(Cl)c2)c2ccccc12. The molecule has 0 fully saturated rings. The molecule has 0 saturated carbocycles. The summed E-state index contributed by atoms with van der Waals surface area (Å²) in [6, 6.07) is 12.9. The average molecular weight is 305 g/mol. The quantitative estimate of drug-likeness (QED) is 0.665. The summed E-state index contributed by atoms with van der Waals surface area (Å²) in [6.07, 6.45) is 0. The third kappa shape index (κ3) is 2.42. The molecule has 0 aliphatic carbocycles. The molecule has 0 amide bonds. The topological polar surface area (TPSA) is 35.0 Å². The molecule has 1 aromatic heterocycles. The van der Waals surface area contributed by atoms with Gasteiger partial charge in [0.15, 0.2) is 0 Å². The Balaban J connectivity index is 2.06. The Morgan fingerprint density at radius 1 is 0.900 bits per heavy atom. The highest BCUT2D eigenvalue weighted by Crippen LogP contribution is 2.31. The Kier molecular flexibility index (Phi) is 3.47. The van der Waals surface area contributed by atoms with E-state index in [4.69, 9.17) is 27.9 Å². The van der Waals surface area contributed by atoms with Crippen molar-refractivity contribution >= 4 is 34.0 Å². The highest BCUT2D eigenvalue weighted by atomic mass is 35.5. The van der Waals surface area contributed by atoms with E-state index in [2.05, 4.69) is 10.2 Å². The minimum Gasteiger partial charge on any atom is -0.437 e. The lowest BCUT2D eigenvalue weighted by Gasteiger charge is -2.09. The summed E-state index contributed by atoms with van der Waals surface area (Å²) < 4.78 is 5.77. The summed E-state index contributed by atoms with van der Waals surface area (Å²) in [5.41, 5.74) is 0.863. The lowest BCUT2D eigenvalue weighted by molar-refractivity contribution is 0.461. The van der Waals surface area contributed by atoms with Crippen LogP contribution in [-0.4, -0.2) is 10.2 Å². The Morgan fingerprint density at radius 3 is 2.40 bits per heavy atom. The van der Waals surface area contributed by atoms with Crippen LogP contribution in [0.3, 0.4) is 0 Å². The smallest absolute Gasteiger partial charge is 0.246 e. The fourth-order valence-corrected chi connectivity index (χ4v) is 2.23. The van der Waals surface area contributed by atoms with Gasteiger partial charge in [-0.25, -0.2) is 0 Å². The van der Waals surface area contributed by atoms with Gasteiger partial charge < -0.3 is 4.74 Å². The van der Waals surface area contributed by atoms with E-state index in [1.54, 1.807) is 18.2 Å². The van der Waals surface area contributed by atoms with Crippen molar-refractivity contribution in [3.05, 3.63) is 58.2 Å². The van der Waals surface area contributed by atoms with Gasteiger partial charge in [0, 0.05) is 16.8 Å². The van der Waals surface area contributed by atoms with Gasteiger partial charge in [-0.05, 0) is 25.1 Å². The van der Waals surface area contributed by atoms with Gasteiger partial charge in [-0.1, -0.05) is 41.4 Å². The summed E-state index contributed by atoms with van der Waals surface area (Å²) in [5, 5.41) is 11.1. The fraction of sp³-hybridized carbons (Fsp3) is 0.0667. The van der Waals surface area contributed by atoms with Crippen LogP contribution in [0.2, 0.25) is 10.0 Å². The van der Waals surface area contributed by atoms with Gasteiger partial charge in [-0.15, -0.1) is 5.10 Å². The molecule has 20 heavy (non-hydrogen) atoms. The Bertz CT molecular complexity index is 790. The third-order valence-corrected chi connectivity index (χ3v) is 3.68. The van der Waals surface area contributed by atoms with Crippen molar-refractivity contribution in [2.24, 2.45) is 0 Å². The molecule has 3 aromatic rings. The molecule has 3 nitrogen and oxygen atoms in total. The van der Waals surface area contributed by atoms with Gasteiger partial charge in [0.2, 0.25) is 5.88 Å². The first-order chi connectivity index (χ1) is 9.65. The summed E-state index contributed by atoms with van der Waals surface area (Å²) in [4.78, 5) is 0. The first-order valence-electron chi connectivity index (χ1n) is 6.00. The van der Waals surface area contributed by atoms with E-state index < -0.39 is 0 Å². The predicted octanol–water partition coefficient (Wildman–Crippen LogP) is 5.04. The third-order valence-electron chi connectivity index (χ3n) is 2.94. The number of aryl methyl sites for hydroxylation is 1. The maximum atomic E-state index is 5.98. The van der Waals surface area contributed by atoms with Crippen LogP contribution in [0.1, 0.15) is 5.69 Å². The zero-order valence-corrected chi connectivity index (χ0v) is 12.1. The van der Waals surface area contributed by atoms with E-state index in [1.807, 2.05) is 31.2 Å². The molecule has 2 aromatic carbocycles. The molecule has 0 aliphatic rings. The standard InChI is InChI=1S/C15H10Cl2N2O/c1-9-11-4-2-3-5-12(11)15(19-18-9)20-10-6-7-13(16)14(17)8-10/h2-8H,1H3. The molecule has 100 valence electrons. The maximum absolute atomic E-state index is 5.98. The molecule has 0 radical (unpaired) electrons. The van der Waals surface area contributed by atoms with Crippen molar-refractivity contribution < 1.29 is 4.74 Å². The van der Waals surface area contributed by atoms with Gasteiger partial charge in [-0.2, -0.15) is 5.10 Å². The zero-order chi connectivity index (χ0) is 14.1. The number of halogens is 2. The van der Waals surface area contributed by atoms with Crippen molar-refractivity contribution in [1.29, 1.82) is 0 Å². The lowest BCUT2D eigenvalue weighted by atomic mass is 10.1. The van der Waals surface area contributed by atoms with Gasteiger partial charge in [0.05, 0.1) is 15.7 Å². The lowest BCUT2D eigenvalue weighted by Crippen LogP contribution is -1.95. The molecule has 0 atom stereocenters. The second-order valence-corrected chi connectivity index (χ2v) is 5.13. The number of fused-ring (bicyclic) bond motifs is 1. The Morgan fingerprint density at radius 2 is 1.65 bits per heavy atom. The number of hydrogen-bond acceptors (Lipinski definition) is 3. The average Bonchev–Trinajstić information content (AvgIpc) is 2.46. The number of nitrogens with zero attached hydrogens (tertiary/aromatic N) is 2. The Labute approximate surface area is 126 Å². The number of aromatic nitrogens is 2. The van der Waals surface area contributed by atoms with Gasteiger partial charge >= 0.3 is 0 Å². The highest BCUT2D eigenvalue weighted by molar-refractivity contribution is 6.42. The molecule has 0 saturated heterocycles. The largest absolute Gasteiger partial charge is 0.437 e. The molecular formula is C15H10Cl2N2O. The van der Waals surface area contributed by atoms with Crippen LogP contribution >= 0.6 is 23.2 Å².